The topological polar surface area (TPSA) is 25.8 Å². The van der Waals surface area contributed by atoms with Crippen molar-refractivity contribution in [3.05, 3.63) is 43.9 Å². The van der Waals surface area contributed by atoms with E-state index in [-0.39, 0.29) is 5.82 Å². The zero-order chi connectivity index (χ0) is 13.6. The predicted molar refractivity (Wildman–Crippen MR) is 80.3 cm³/mol. The second-order valence-electron chi connectivity index (χ2n) is 4.09. The van der Waals surface area contributed by atoms with Gasteiger partial charge in [-0.2, -0.15) is 11.3 Å². The molecule has 96 valence electrons. The Bertz CT molecular complexity index is 788. The van der Waals surface area contributed by atoms with Crippen LogP contribution < -0.4 is 0 Å². The lowest BCUT2D eigenvalue weighted by molar-refractivity contribution is 0.623. The highest BCUT2D eigenvalue weighted by atomic mass is 79.9. The van der Waals surface area contributed by atoms with Crippen molar-refractivity contribution in [2.24, 2.45) is 0 Å². The molecule has 0 aliphatic rings. The van der Waals surface area contributed by atoms with E-state index in [0.29, 0.717) is 26.4 Å². The Kier molecular flexibility index (Phi) is 3.28. The molecule has 0 unspecified atom stereocenters. The maximum atomic E-state index is 13.6. The predicted octanol–water partition coefficient (Wildman–Crippen LogP) is 5.22. The number of thiophene rings is 1. The van der Waals surface area contributed by atoms with Crippen LogP contribution in [0.2, 0.25) is 5.15 Å². The number of aromatic nitrogens is 2. The summed E-state index contributed by atoms with van der Waals surface area (Å²) >= 11 is 10.9. The number of rotatable bonds is 1. The number of benzene rings is 1. The Hall–Kier alpha value is -1.04. The Morgan fingerprint density at radius 1 is 1.26 bits per heavy atom. The summed E-state index contributed by atoms with van der Waals surface area (Å²) in [6.07, 6.45) is 0. The Morgan fingerprint density at radius 3 is 2.74 bits per heavy atom. The minimum Gasteiger partial charge on any atom is -0.228 e. The molecule has 2 aromatic heterocycles. The van der Waals surface area contributed by atoms with Gasteiger partial charge in [-0.05, 0) is 39.9 Å². The molecule has 0 fully saturated rings. The van der Waals surface area contributed by atoms with Gasteiger partial charge in [0.1, 0.15) is 11.0 Å². The number of nitrogens with zero attached hydrogens (tertiary/aromatic N) is 2. The minimum atomic E-state index is -0.366. The van der Waals surface area contributed by atoms with E-state index in [9.17, 15) is 4.39 Å². The van der Waals surface area contributed by atoms with Gasteiger partial charge < -0.3 is 0 Å². The third-order valence-electron chi connectivity index (χ3n) is 2.79. The summed E-state index contributed by atoms with van der Waals surface area (Å²) in [5.74, 6) is 0.160. The largest absolute Gasteiger partial charge is 0.228 e. The highest BCUT2D eigenvalue weighted by Gasteiger charge is 2.12. The van der Waals surface area contributed by atoms with Gasteiger partial charge in [0.15, 0.2) is 5.82 Å². The quantitative estimate of drug-likeness (QED) is 0.558. The molecule has 0 N–H and O–H groups in total. The number of hydrogen-bond acceptors (Lipinski definition) is 3. The SMILES string of the molecule is Cc1cscc1-c1nc(Cl)c2cc(Br)c(F)cc2n1. The first-order valence-electron chi connectivity index (χ1n) is 5.41. The van der Waals surface area contributed by atoms with Gasteiger partial charge in [0.2, 0.25) is 0 Å². The van der Waals surface area contributed by atoms with Gasteiger partial charge in [0.25, 0.3) is 0 Å². The zero-order valence-corrected chi connectivity index (χ0v) is 12.9. The highest BCUT2D eigenvalue weighted by Crippen LogP contribution is 2.31. The van der Waals surface area contributed by atoms with E-state index in [2.05, 4.69) is 25.9 Å². The van der Waals surface area contributed by atoms with E-state index in [1.165, 1.54) is 6.07 Å². The summed E-state index contributed by atoms with van der Waals surface area (Å²) in [6.45, 7) is 1.98. The number of hydrogen-bond donors (Lipinski definition) is 0. The van der Waals surface area contributed by atoms with Crippen molar-refractivity contribution >= 4 is 49.8 Å². The molecule has 0 radical (unpaired) electrons. The third-order valence-corrected chi connectivity index (χ3v) is 4.54. The average molecular weight is 358 g/mol. The first-order chi connectivity index (χ1) is 9.06. The first kappa shape index (κ1) is 13.0. The van der Waals surface area contributed by atoms with Crippen LogP contribution in [0.5, 0.6) is 0 Å². The lowest BCUT2D eigenvalue weighted by Gasteiger charge is -2.05. The lowest BCUT2D eigenvalue weighted by Crippen LogP contribution is -1.93. The molecule has 6 heteroatoms. The number of halogens is 3. The Balaban J connectivity index is 2.30. The van der Waals surface area contributed by atoms with Crippen LogP contribution in [0.1, 0.15) is 5.56 Å². The molecule has 0 aliphatic heterocycles. The average Bonchev–Trinajstić information content (AvgIpc) is 2.78. The third kappa shape index (κ3) is 2.26. The van der Waals surface area contributed by atoms with Crippen molar-refractivity contribution in [3.8, 4) is 11.4 Å². The minimum absolute atomic E-state index is 0.325. The van der Waals surface area contributed by atoms with Crippen LogP contribution >= 0.6 is 38.9 Å². The molecule has 1 aromatic carbocycles. The lowest BCUT2D eigenvalue weighted by atomic mass is 10.2. The molecule has 0 saturated heterocycles. The normalized spacial score (nSPS) is 11.2. The van der Waals surface area contributed by atoms with Crippen molar-refractivity contribution < 1.29 is 4.39 Å². The van der Waals surface area contributed by atoms with Gasteiger partial charge in [-0.1, -0.05) is 11.6 Å². The van der Waals surface area contributed by atoms with E-state index >= 15 is 0 Å². The molecule has 2 heterocycles. The summed E-state index contributed by atoms with van der Waals surface area (Å²) in [4.78, 5) is 8.68. The zero-order valence-electron chi connectivity index (χ0n) is 9.75. The second-order valence-corrected chi connectivity index (χ2v) is 6.05. The van der Waals surface area contributed by atoms with Crippen molar-refractivity contribution in [1.29, 1.82) is 0 Å². The molecule has 0 amide bonds. The molecule has 19 heavy (non-hydrogen) atoms. The summed E-state index contributed by atoms with van der Waals surface area (Å²) < 4.78 is 13.9. The Morgan fingerprint density at radius 2 is 2.05 bits per heavy atom. The van der Waals surface area contributed by atoms with Crippen LogP contribution in [-0.4, -0.2) is 9.97 Å². The molecular weight excluding hydrogens is 351 g/mol. The van der Waals surface area contributed by atoms with Crippen LogP contribution in [0.3, 0.4) is 0 Å². The van der Waals surface area contributed by atoms with Crippen molar-refractivity contribution in [3.63, 3.8) is 0 Å². The summed E-state index contributed by atoms with van der Waals surface area (Å²) in [5, 5.41) is 4.93. The molecule has 0 aliphatic carbocycles. The standard InChI is InChI=1S/C13H7BrClFN2S/c1-6-4-19-5-8(6)13-17-11-3-10(16)9(14)2-7(11)12(15)18-13/h2-5H,1H3. The molecule has 3 rings (SSSR count). The van der Waals surface area contributed by atoms with Gasteiger partial charge in [-0.15, -0.1) is 0 Å². The fraction of sp³-hybridized carbons (Fsp3) is 0.0769. The second kappa shape index (κ2) is 4.81. The summed E-state index contributed by atoms with van der Waals surface area (Å²) in [6, 6.07) is 2.95. The summed E-state index contributed by atoms with van der Waals surface area (Å²) in [5.41, 5.74) is 2.51. The van der Waals surface area contributed by atoms with Crippen LogP contribution in [0.25, 0.3) is 22.3 Å². The van der Waals surface area contributed by atoms with E-state index in [0.717, 1.165) is 11.1 Å². The molecule has 0 spiro atoms. The van der Waals surface area contributed by atoms with Crippen molar-refractivity contribution in [2.75, 3.05) is 0 Å². The van der Waals surface area contributed by atoms with Crippen LogP contribution in [0.15, 0.2) is 27.4 Å². The fourth-order valence-corrected chi connectivity index (χ4v) is 3.20. The maximum Gasteiger partial charge on any atom is 0.162 e. The smallest absolute Gasteiger partial charge is 0.162 e. The van der Waals surface area contributed by atoms with Gasteiger partial charge in [-0.25, -0.2) is 14.4 Å². The highest BCUT2D eigenvalue weighted by molar-refractivity contribution is 9.10. The molecule has 3 aromatic rings. The van der Waals surface area contributed by atoms with E-state index in [1.807, 2.05) is 17.7 Å². The van der Waals surface area contributed by atoms with Gasteiger partial charge in [-0.3, -0.25) is 0 Å². The van der Waals surface area contributed by atoms with Gasteiger partial charge >= 0.3 is 0 Å². The van der Waals surface area contributed by atoms with E-state index in [1.54, 1.807) is 17.4 Å². The van der Waals surface area contributed by atoms with Gasteiger partial charge in [0.05, 0.1) is 9.99 Å². The first-order valence-corrected chi connectivity index (χ1v) is 7.53. The monoisotopic (exact) mass is 356 g/mol. The van der Waals surface area contributed by atoms with Crippen molar-refractivity contribution in [2.45, 2.75) is 6.92 Å². The molecule has 0 atom stereocenters. The van der Waals surface area contributed by atoms with E-state index < -0.39 is 0 Å². The van der Waals surface area contributed by atoms with Crippen molar-refractivity contribution in [1.82, 2.24) is 9.97 Å². The number of aryl methyl sites for hydroxylation is 1. The summed E-state index contributed by atoms with van der Waals surface area (Å²) in [7, 11) is 0. The molecular formula is C13H7BrClFN2S. The maximum absolute atomic E-state index is 13.6. The molecule has 2 nitrogen and oxygen atoms in total. The Labute approximate surface area is 126 Å². The molecule has 0 saturated carbocycles. The fourth-order valence-electron chi connectivity index (χ4n) is 1.80. The van der Waals surface area contributed by atoms with Crippen LogP contribution in [0.4, 0.5) is 4.39 Å². The van der Waals surface area contributed by atoms with Gasteiger partial charge in [0, 0.05) is 22.4 Å². The number of fused-ring (bicyclic) bond motifs is 1. The van der Waals surface area contributed by atoms with Crippen LogP contribution in [0, 0.1) is 12.7 Å². The van der Waals surface area contributed by atoms with Crippen LogP contribution in [-0.2, 0) is 0 Å². The van der Waals surface area contributed by atoms with E-state index in [4.69, 9.17) is 11.6 Å². The molecule has 0 bridgehead atoms.